The van der Waals surface area contributed by atoms with E-state index in [0.717, 1.165) is 5.56 Å². The summed E-state index contributed by atoms with van der Waals surface area (Å²) in [6.07, 6.45) is 1.19. The van der Waals surface area contributed by atoms with Crippen molar-refractivity contribution in [3.8, 4) is 0 Å². The Bertz CT molecular complexity index is 904. The number of hydrogen-bond donors (Lipinski definition) is 4. The number of nitrogens with two attached hydrogens (primary N) is 1. The maximum absolute atomic E-state index is 12.7. The molecule has 0 bridgehead atoms. The van der Waals surface area contributed by atoms with Gasteiger partial charge in [0.05, 0.1) is 16.1 Å². The third kappa shape index (κ3) is 7.15. The van der Waals surface area contributed by atoms with Gasteiger partial charge >= 0.3 is 0 Å². The average molecular weight is 403 g/mol. The lowest BCUT2D eigenvalue weighted by molar-refractivity contribution is -0.0139. The van der Waals surface area contributed by atoms with E-state index in [4.69, 9.17) is 32.5 Å². The highest BCUT2D eigenvalue weighted by Crippen LogP contribution is 2.14. The monoisotopic (exact) mass is 402 g/mol. The molecule has 8 nitrogen and oxygen atoms in total. The molecule has 0 unspecified atom stereocenters. The number of benzene rings is 2. The molecule has 2 rings (SSSR count). The van der Waals surface area contributed by atoms with Crippen molar-refractivity contribution in [2.45, 2.75) is 11.8 Å². The molecule has 140 valence electrons. The highest BCUT2D eigenvalue weighted by molar-refractivity contribution is 7.85. The molecule has 0 heterocycles. The van der Waals surface area contributed by atoms with Gasteiger partial charge in [0, 0.05) is 0 Å². The van der Waals surface area contributed by atoms with E-state index < -0.39 is 21.9 Å². The summed E-state index contributed by atoms with van der Waals surface area (Å²) in [4.78, 5) is -0.0666. The molecule has 0 spiro atoms. The van der Waals surface area contributed by atoms with Crippen LogP contribution in [-0.4, -0.2) is 35.5 Å². The number of rotatable bonds is 3. The number of aryl methyl sites for hydroxylation is 1. The van der Waals surface area contributed by atoms with Crippen molar-refractivity contribution in [1.82, 2.24) is 5.17 Å². The van der Waals surface area contributed by atoms with E-state index in [1.807, 2.05) is 6.92 Å². The molecule has 0 saturated heterocycles. The Balaban J connectivity index is 0.000000273. The summed E-state index contributed by atoms with van der Waals surface area (Å²) in [6.45, 7) is 1.84. The van der Waals surface area contributed by atoms with Gasteiger partial charge in [-0.1, -0.05) is 35.4 Å². The quantitative estimate of drug-likeness (QED) is 0.269. The molecule has 0 radical (unpaired) electrons. The van der Waals surface area contributed by atoms with Crippen molar-refractivity contribution in [3.05, 3.63) is 64.4 Å². The maximum Gasteiger partial charge on any atom is 0.294 e. The van der Waals surface area contributed by atoms with E-state index in [2.05, 4.69) is 5.10 Å². The Morgan fingerprint density at radius 3 is 2.35 bits per heavy atom. The molecule has 0 saturated carbocycles. The summed E-state index contributed by atoms with van der Waals surface area (Å²) in [5, 5.41) is 19.2. The highest BCUT2D eigenvalue weighted by Gasteiger charge is 2.06. The van der Waals surface area contributed by atoms with Crippen molar-refractivity contribution in [3.63, 3.8) is 0 Å². The minimum atomic E-state index is -4.02. The summed E-state index contributed by atoms with van der Waals surface area (Å²) < 4.78 is 42.3. The largest absolute Gasteiger partial charge is 0.367 e. The average Bonchev–Trinajstić information content (AvgIpc) is 2.55. The fourth-order valence-corrected chi connectivity index (χ4v) is 2.16. The van der Waals surface area contributed by atoms with Gasteiger partial charge in [0.2, 0.25) is 5.96 Å². The normalized spacial score (nSPS) is 11.0. The van der Waals surface area contributed by atoms with Gasteiger partial charge < -0.3 is 5.73 Å². The molecule has 5 N–H and O–H groups in total. The molecule has 0 atom stereocenters. The Kier molecular flexibility index (Phi) is 7.65. The Labute approximate surface area is 154 Å². The summed E-state index contributed by atoms with van der Waals surface area (Å²) in [5.74, 6) is -1.17. The van der Waals surface area contributed by atoms with Crippen LogP contribution < -0.4 is 5.73 Å². The zero-order valence-corrected chi connectivity index (χ0v) is 15.0. The van der Waals surface area contributed by atoms with E-state index in [0.29, 0.717) is 5.56 Å². The van der Waals surface area contributed by atoms with Gasteiger partial charge in [0.25, 0.3) is 10.1 Å². The Morgan fingerprint density at radius 1 is 1.31 bits per heavy atom. The fraction of sp³-hybridized carbons (Fsp3) is 0.0667. The van der Waals surface area contributed by atoms with Crippen molar-refractivity contribution in [2.75, 3.05) is 0 Å². The second-order valence-electron chi connectivity index (χ2n) is 4.88. The van der Waals surface area contributed by atoms with Gasteiger partial charge in [-0.25, -0.2) is 4.39 Å². The van der Waals surface area contributed by atoms with Crippen molar-refractivity contribution < 1.29 is 22.6 Å². The van der Waals surface area contributed by atoms with Crippen LogP contribution in [0.4, 0.5) is 4.39 Å². The Hall–Kier alpha value is -2.53. The number of hydroxylamine groups is 1. The molecular weight excluding hydrogens is 387 g/mol. The molecule has 0 fully saturated rings. The first-order valence-corrected chi connectivity index (χ1v) is 8.68. The fourth-order valence-electron chi connectivity index (χ4n) is 1.49. The predicted molar refractivity (Wildman–Crippen MR) is 95.5 cm³/mol. The number of nitrogens with zero attached hydrogens (tertiary/aromatic N) is 2. The van der Waals surface area contributed by atoms with Crippen LogP contribution in [0.3, 0.4) is 0 Å². The summed E-state index contributed by atoms with van der Waals surface area (Å²) >= 11 is 5.51. The SMILES string of the molecule is Cc1ccc(S(=O)(=O)O)cc1.N=C(N)N(O)/N=C/c1ccc(F)c(Cl)c1. The van der Waals surface area contributed by atoms with Crippen molar-refractivity contribution >= 4 is 33.9 Å². The maximum atomic E-state index is 12.7. The van der Waals surface area contributed by atoms with Crippen LogP contribution in [0.5, 0.6) is 0 Å². The van der Waals surface area contributed by atoms with Crippen LogP contribution in [0, 0.1) is 18.2 Å². The molecule has 26 heavy (non-hydrogen) atoms. The summed E-state index contributed by atoms with van der Waals surface area (Å²) in [7, 11) is -4.02. The van der Waals surface area contributed by atoms with E-state index >= 15 is 0 Å². The minimum absolute atomic E-state index is 0.0498. The third-order valence-electron chi connectivity index (χ3n) is 2.79. The second-order valence-corrected chi connectivity index (χ2v) is 6.71. The molecule has 11 heteroatoms. The lowest BCUT2D eigenvalue weighted by Gasteiger charge is -2.05. The topological polar surface area (TPSA) is 140 Å². The van der Waals surface area contributed by atoms with E-state index in [1.165, 1.54) is 36.5 Å². The summed E-state index contributed by atoms with van der Waals surface area (Å²) in [6, 6.07) is 9.90. The molecule has 2 aromatic rings. The van der Waals surface area contributed by atoms with Crippen molar-refractivity contribution in [1.29, 1.82) is 5.41 Å². The van der Waals surface area contributed by atoms with Gasteiger partial charge in [0.15, 0.2) is 0 Å². The second kappa shape index (κ2) is 9.25. The van der Waals surface area contributed by atoms with E-state index in [9.17, 15) is 12.8 Å². The van der Waals surface area contributed by atoms with Crippen molar-refractivity contribution in [2.24, 2.45) is 10.8 Å². The molecule has 0 amide bonds. The zero-order chi connectivity index (χ0) is 19.9. The lowest BCUT2D eigenvalue weighted by atomic mass is 10.2. The molecule has 0 aliphatic rings. The molecular formula is C15H16ClFN4O4S. The van der Waals surface area contributed by atoms with Gasteiger partial charge in [-0.15, -0.1) is 5.17 Å². The standard InChI is InChI=1S/C8H8ClFN4O.C7H8O3S/c9-6-3-5(1-2-7(6)10)4-13-14(15)8(11)12;1-6-2-4-7(5-3-6)11(8,9)10/h1-4,15H,(H3,11,12);2-5H,1H3,(H,8,9,10)/b13-4+;. The predicted octanol–water partition coefficient (Wildman–Crippen LogP) is 2.64. The minimum Gasteiger partial charge on any atom is -0.367 e. The first-order valence-electron chi connectivity index (χ1n) is 6.87. The number of nitrogens with one attached hydrogen (secondary N) is 1. The number of hydrogen-bond acceptors (Lipinski definition) is 5. The number of guanidine groups is 1. The number of hydrazone groups is 1. The van der Waals surface area contributed by atoms with Crippen LogP contribution in [-0.2, 0) is 10.1 Å². The Morgan fingerprint density at radius 2 is 1.88 bits per heavy atom. The molecule has 0 aliphatic heterocycles. The van der Waals surface area contributed by atoms with Gasteiger partial charge in [0.1, 0.15) is 5.82 Å². The van der Waals surface area contributed by atoms with Gasteiger partial charge in [-0.2, -0.15) is 13.5 Å². The van der Waals surface area contributed by atoms with Crippen LogP contribution in [0.25, 0.3) is 0 Å². The lowest BCUT2D eigenvalue weighted by Crippen LogP contribution is -2.28. The molecule has 0 aromatic heterocycles. The van der Waals surface area contributed by atoms with Gasteiger partial charge in [-0.05, 0) is 36.8 Å². The van der Waals surface area contributed by atoms with Gasteiger partial charge in [-0.3, -0.25) is 15.2 Å². The van der Waals surface area contributed by atoms with E-state index in [1.54, 1.807) is 12.1 Å². The van der Waals surface area contributed by atoms with Crippen LogP contribution in [0.2, 0.25) is 5.02 Å². The molecule has 2 aromatic carbocycles. The highest BCUT2D eigenvalue weighted by atomic mass is 35.5. The molecule has 0 aliphatic carbocycles. The van der Waals surface area contributed by atoms with E-state index in [-0.39, 0.29) is 15.1 Å². The first kappa shape index (κ1) is 21.5. The summed E-state index contributed by atoms with van der Waals surface area (Å²) in [5.41, 5.74) is 6.34. The third-order valence-corrected chi connectivity index (χ3v) is 3.95. The van der Waals surface area contributed by atoms with Crippen LogP contribution in [0.15, 0.2) is 52.5 Å². The first-order chi connectivity index (χ1) is 12.0. The van der Waals surface area contributed by atoms with Crippen LogP contribution >= 0.6 is 11.6 Å². The van der Waals surface area contributed by atoms with Crippen LogP contribution in [0.1, 0.15) is 11.1 Å². The number of halogens is 2. The zero-order valence-electron chi connectivity index (χ0n) is 13.5. The smallest absolute Gasteiger partial charge is 0.294 e.